The van der Waals surface area contributed by atoms with Crippen molar-refractivity contribution in [3.63, 3.8) is 0 Å². The van der Waals surface area contributed by atoms with E-state index < -0.39 is 0 Å². The van der Waals surface area contributed by atoms with Gasteiger partial charge in [0.25, 0.3) is 0 Å². The Kier molecular flexibility index (Phi) is 3.78. The molecule has 0 saturated heterocycles. The molecule has 2 aromatic rings. The van der Waals surface area contributed by atoms with Crippen LogP contribution in [0.15, 0.2) is 36.7 Å². The lowest BCUT2D eigenvalue weighted by molar-refractivity contribution is 0.628. The maximum atomic E-state index is 8.54. The van der Waals surface area contributed by atoms with Gasteiger partial charge >= 0.3 is 0 Å². The second kappa shape index (κ2) is 5.50. The molecule has 92 valence electrons. The highest BCUT2D eigenvalue weighted by molar-refractivity contribution is 5.62. The van der Waals surface area contributed by atoms with Crippen LogP contribution in [0.5, 0.6) is 0 Å². The fraction of sp³-hybridized carbons (Fsp3) is 0.333. The zero-order valence-electron chi connectivity index (χ0n) is 10.8. The number of nitrogens with zero attached hydrogens (tertiary/aromatic N) is 3. The fourth-order valence-corrected chi connectivity index (χ4v) is 1.86. The molecule has 3 heteroatoms. The highest BCUT2D eigenvalue weighted by atomic mass is 15.3. The average Bonchev–Trinajstić information content (AvgIpc) is 2.85. The second-order valence-electron chi connectivity index (χ2n) is 4.68. The van der Waals surface area contributed by atoms with Crippen LogP contribution in [0.3, 0.4) is 0 Å². The molecule has 0 atom stereocenters. The van der Waals surface area contributed by atoms with Crippen molar-refractivity contribution in [2.45, 2.75) is 32.7 Å². The Balaban J connectivity index is 2.16. The summed E-state index contributed by atoms with van der Waals surface area (Å²) in [7, 11) is 0. The van der Waals surface area contributed by atoms with Crippen LogP contribution < -0.4 is 0 Å². The van der Waals surface area contributed by atoms with E-state index in [2.05, 4.69) is 49.3 Å². The molecular weight excluding hydrogens is 222 g/mol. The standard InChI is InChI=1S/C15H17N3/c1-12(2)13-4-6-14(7-5-13)15-10-17-18(11-15)9-3-8-16/h4-7,10-12H,3,9H2,1-2H3. The molecule has 0 radical (unpaired) electrons. The minimum absolute atomic E-state index is 0.493. The van der Waals surface area contributed by atoms with Gasteiger partial charge in [-0.2, -0.15) is 10.4 Å². The zero-order valence-corrected chi connectivity index (χ0v) is 10.8. The van der Waals surface area contributed by atoms with E-state index in [1.807, 2.05) is 17.1 Å². The summed E-state index contributed by atoms with van der Waals surface area (Å²) < 4.78 is 1.81. The molecule has 18 heavy (non-hydrogen) atoms. The molecule has 0 unspecified atom stereocenters. The number of aromatic nitrogens is 2. The Morgan fingerprint density at radius 3 is 2.56 bits per heavy atom. The van der Waals surface area contributed by atoms with Gasteiger partial charge in [0.15, 0.2) is 0 Å². The summed E-state index contributed by atoms with van der Waals surface area (Å²) in [5.41, 5.74) is 3.61. The van der Waals surface area contributed by atoms with E-state index in [0.717, 1.165) is 5.56 Å². The summed E-state index contributed by atoms with van der Waals surface area (Å²) in [5.74, 6) is 0.553. The van der Waals surface area contributed by atoms with Crippen molar-refractivity contribution >= 4 is 0 Å². The third-order valence-corrected chi connectivity index (χ3v) is 3.00. The van der Waals surface area contributed by atoms with E-state index in [4.69, 9.17) is 5.26 Å². The summed E-state index contributed by atoms with van der Waals surface area (Å²) in [6.45, 7) is 5.03. The zero-order chi connectivity index (χ0) is 13.0. The van der Waals surface area contributed by atoms with E-state index in [-0.39, 0.29) is 0 Å². The molecule has 1 aromatic carbocycles. The summed E-state index contributed by atoms with van der Waals surface area (Å²) in [6.07, 6.45) is 4.33. The number of benzene rings is 1. The van der Waals surface area contributed by atoms with Crippen molar-refractivity contribution in [1.82, 2.24) is 9.78 Å². The van der Waals surface area contributed by atoms with Crippen molar-refractivity contribution in [1.29, 1.82) is 5.26 Å². The Labute approximate surface area is 108 Å². The Hall–Kier alpha value is -2.08. The van der Waals surface area contributed by atoms with Crippen molar-refractivity contribution in [2.24, 2.45) is 0 Å². The van der Waals surface area contributed by atoms with E-state index in [0.29, 0.717) is 18.9 Å². The van der Waals surface area contributed by atoms with E-state index in [1.165, 1.54) is 11.1 Å². The maximum absolute atomic E-state index is 8.54. The Morgan fingerprint density at radius 2 is 1.94 bits per heavy atom. The lowest BCUT2D eigenvalue weighted by Crippen LogP contribution is -1.96. The number of hydrogen-bond acceptors (Lipinski definition) is 2. The molecule has 3 nitrogen and oxygen atoms in total. The SMILES string of the molecule is CC(C)c1ccc(-c2cnn(CCC#N)c2)cc1. The number of rotatable bonds is 4. The summed E-state index contributed by atoms with van der Waals surface area (Å²) in [4.78, 5) is 0. The van der Waals surface area contributed by atoms with Crippen molar-refractivity contribution in [3.8, 4) is 17.2 Å². The predicted octanol–water partition coefficient (Wildman–Crippen LogP) is 3.59. The highest BCUT2D eigenvalue weighted by Gasteiger charge is 2.03. The van der Waals surface area contributed by atoms with Gasteiger partial charge in [0.2, 0.25) is 0 Å². The maximum Gasteiger partial charge on any atom is 0.0641 e. The van der Waals surface area contributed by atoms with Crippen LogP contribution in [-0.4, -0.2) is 9.78 Å². The molecule has 0 aliphatic heterocycles. The molecule has 0 spiro atoms. The van der Waals surface area contributed by atoms with E-state index in [9.17, 15) is 0 Å². The fourth-order valence-electron chi connectivity index (χ4n) is 1.86. The second-order valence-corrected chi connectivity index (χ2v) is 4.68. The lowest BCUT2D eigenvalue weighted by Gasteiger charge is -2.05. The molecule has 1 heterocycles. The van der Waals surface area contributed by atoms with Gasteiger partial charge in [0.1, 0.15) is 0 Å². The van der Waals surface area contributed by atoms with Crippen molar-refractivity contribution in [3.05, 3.63) is 42.2 Å². The van der Waals surface area contributed by atoms with Crippen molar-refractivity contribution in [2.75, 3.05) is 0 Å². The topological polar surface area (TPSA) is 41.6 Å². The van der Waals surface area contributed by atoms with Gasteiger partial charge < -0.3 is 0 Å². The normalized spacial score (nSPS) is 10.6. The average molecular weight is 239 g/mol. The van der Waals surface area contributed by atoms with Crippen LogP contribution >= 0.6 is 0 Å². The van der Waals surface area contributed by atoms with Gasteiger partial charge in [-0.1, -0.05) is 38.1 Å². The third kappa shape index (κ3) is 2.78. The van der Waals surface area contributed by atoms with E-state index in [1.54, 1.807) is 0 Å². The first-order valence-corrected chi connectivity index (χ1v) is 6.20. The number of hydrogen-bond donors (Lipinski definition) is 0. The monoisotopic (exact) mass is 239 g/mol. The Morgan fingerprint density at radius 1 is 1.22 bits per heavy atom. The first kappa shape index (κ1) is 12.4. The summed E-state index contributed by atoms with van der Waals surface area (Å²) >= 11 is 0. The van der Waals surface area contributed by atoms with Gasteiger partial charge in [-0.3, -0.25) is 4.68 Å². The van der Waals surface area contributed by atoms with Crippen LogP contribution in [0.2, 0.25) is 0 Å². The Bertz CT molecular complexity index is 544. The van der Waals surface area contributed by atoms with Crippen molar-refractivity contribution < 1.29 is 0 Å². The molecule has 0 saturated carbocycles. The molecule has 2 rings (SSSR count). The smallest absolute Gasteiger partial charge is 0.0641 e. The van der Waals surface area contributed by atoms with Gasteiger partial charge in [-0.15, -0.1) is 0 Å². The summed E-state index contributed by atoms with van der Waals surface area (Å²) in [5, 5.41) is 12.8. The molecule has 0 aliphatic carbocycles. The van der Waals surface area contributed by atoms with Gasteiger partial charge in [0.05, 0.1) is 25.2 Å². The molecule has 1 aromatic heterocycles. The largest absolute Gasteiger partial charge is 0.271 e. The van der Waals surface area contributed by atoms with Crippen LogP contribution in [-0.2, 0) is 6.54 Å². The molecular formula is C15H17N3. The number of aryl methyl sites for hydroxylation is 1. The van der Waals surface area contributed by atoms with Crippen LogP contribution in [0.25, 0.3) is 11.1 Å². The van der Waals surface area contributed by atoms with E-state index >= 15 is 0 Å². The quantitative estimate of drug-likeness (QED) is 0.818. The molecule has 0 fully saturated rings. The van der Waals surface area contributed by atoms with Gasteiger partial charge in [-0.05, 0) is 17.0 Å². The minimum Gasteiger partial charge on any atom is -0.271 e. The lowest BCUT2D eigenvalue weighted by atomic mass is 10.0. The predicted molar refractivity (Wildman–Crippen MR) is 72.0 cm³/mol. The first-order chi connectivity index (χ1) is 8.70. The van der Waals surface area contributed by atoms with Crippen LogP contribution in [0, 0.1) is 11.3 Å². The first-order valence-electron chi connectivity index (χ1n) is 6.20. The van der Waals surface area contributed by atoms with Crippen LogP contribution in [0.1, 0.15) is 31.7 Å². The molecule has 0 N–H and O–H groups in total. The van der Waals surface area contributed by atoms with Gasteiger partial charge in [-0.25, -0.2) is 0 Å². The van der Waals surface area contributed by atoms with Gasteiger partial charge in [0, 0.05) is 11.8 Å². The third-order valence-electron chi connectivity index (χ3n) is 3.00. The summed E-state index contributed by atoms with van der Waals surface area (Å²) in [6, 6.07) is 10.7. The highest BCUT2D eigenvalue weighted by Crippen LogP contribution is 2.22. The molecule has 0 amide bonds. The molecule has 0 aliphatic rings. The number of nitriles is 1. The van der Waals surface area contributed by atoms with Crippen LogP contribution in [0.4, 0.5) is 0 Å². The minimum atomic E-state index is 0.493. The molecule has 0 bridgehead atoms.